The quantitative estimate of drug-likeness (QED) is 0.397. The van der Waals surface area contributed by atoms with Gasteiger partial charge in [-0.2, -0.15) is 0 Å². The first-order chi connectivity index (χ1) is 11.8. The van der Waals surface area contributed by atoms with Gasteiger partial charge >= 0.3 is 14.4 Å². The van der Waals surface area contributed by atoms with Crippen LogP contribution < -0.4 is 0 Å². The summed E-state index contributed by atoms with van der Waals surface area (Å²) in [5, 5.41) is 0. The molecule has 0 radical (unpaired) electrons. The van der Waals surface area contributed by atoms with Crippen molar-refractivity contribution in [2.24, 2.45) is 0 Å². The first kappa shape index (κ1) is 22.2. The van der Waals surface area contributed by atoms with Crippen molar-refractivity contribution in [2.75, 3.05) is 0 Å². The minimum absolute atomic E-state index is 0.0575. The summed E-state index contributed by atoms with van der Waals surface area (Å²) >= 11 is 0. The molecule has 2 aliphatic heterocycles. The van der Waals surface area contributed by atoms with Crippen LogP contribution in [0.3, 0.4) is 0 Å². The van der Waals surface area contributed by atoms with Gasteiger partial charge in [0.15, 0.2) is 0 Å². The van der Waals surface area contributed by atoms with E-state index in [0.29, 0.717) is 6.42 Å². The van der Waals surface area contributed by atoms with Crippen molar-refractivity contribution in [1.29, 1.82) is 0 Å². The topological polar surface area (TPSA) is 55.4 Å². The van der Waals surface area contributed by atoms with Gasteiger partial charge < -0.3 is 18.6 Å². The van der Waals surface area contributed by atoms with Gasteiger partial charge in [-0.15, -0.1) is 0 Å². The van der Waals surface area contributed by atoms with E-state index in [0.717, 1.165) is 12.8 Å². The molecule has 0 aromatic rings. The lowest BCUT2D eigenvalue weighted by Gasteiger charge is -2.41. The molecule has 0 aromatic heterocycles. The fourth-order valence-electron chi connectivity index (χ4n) is 3.99. The molecule has 8 heteroatoms. The second kappa shape index (κ2) is 8.10. The maximum Gasteiger partial charge on any atom is 0.668 e. The number of rotatable bonds is 6. The molecule has 150 valence electrons. The molecule has 0 aromatic carbocycles. The number of hydrogen-bond acceptors (Lipinski definition) is 6. The zero-order chi connectivity index (χ0) is 19.8. The second-order valence-electron chi connectivity index (χ2n) is 9.83. The number of hydrogen-bond donors (Lipinski definition) is 0. The van der Waals surface area contributed by atoms with E-state index in [1.807, 2.05) is 34.6 Å². The average Bonchev–Trinajstić information content (AvgIpc) is 2.40. The normalized spacial score (nSPS) is 30.3. The van der Waals surface area contributed by atoms with Gasteiger partial charge in [0.2, 0.25) is 0 Å². The zero-order valence-electron chi connectivity index (χ0n) is 18.0. The first-order valence-corrected chi connectivity index (χ1v) is 9.78. The summed E-state index contributed by atoms with van der Waals surface area (Å²) < 4.78 is 23.6. The minimum atomic E-state index is -0.815. The van der Waals surface area contributed by atoms with E-state index in [1.165, 1.54) is 0 Å². The summed E-state index contributed by atoms with van der Waals surface area (Å²) in [5.41, 5.74) is -1.01. The molecule has 2 aliphatic rings. The fourth-order valence-corrected chi connectivity index (χ4v) is 3.99. The van der Waals surface area contributed by atoms with Gasteiger partial charge in [0.05, 0.1) is 16.8 Å². The molecule has 2 saturated heterocycles. The van der Waals surface area contributed by atoms with Crippen LogP contribution >= 0.6 is 0 Å². The summed E-state index contributed by atoms with van der Waals surface area (Å²) in [4.78, 5) is 11.2. The smallest absolute Gasteiger partial charge is 0.408 e. The second-order valence-corrected chi connectivity index (χ2v) is 9.83. The van der Waals surface area contributed by atoms with Crippen molar-refractivity contribution in [2.45, 2.75) is 116 Å². The molecule has 2 heterocycles. The molecular weight excluding hydrogens is 334 g/mol. The third-order valence-electron chi connectivity index (χ3n) is 4.75. The summed E-state index contributed by atoms with van der Waals surface area (Å²) in [6, 6.07) is 0. The van der Waals surface area contributed by atoms with Crippen LogP contribution in [-0.4, -0.2) is 43.5 Å². The molecule has 0 N–H and O–H groups in total. The molecule has 6 nitrogen and oxygen atoms in total. The molecule has 0 aliphatic carbocycles. The maximum atomic E-state index is 6.12. The Hall–Kier alpha value is -0.110. The predicted octanol–water partition coefficient (Wildman–Crippen LogP) is 4.17. The fraction of sp³-hybridized carbons (Fsp3) is 1.00. The summed E-state index contributed by atoms with van der Waals surface area (Å²) in [5.74, 6) is 0.152. The Bertz CT molecular complexity index is 471. The van der Waals surface area contributed by atoms with Crippen LogP contribution in [0.15, 0.2) is 0 Å². The lowest BCUT2D eigenvalue weighted by atomic mass is 9.66. The summed E-state index contributed by atoms with van der Waals surface area (Å²) in [7, 11) is -1.07. The molecule has 0 bridgehead atoms. The standard InChI is InChI=1S/C18H36B2O6/c1-13(19-21-14(2)11-16(4,5)23-19)10-18(8,9)25-26-20-22-15(3)12-17(6,7)24-20/h13-15H,10-12H2,1-9H3. The highest BCUT2D eigenvalue weighted by atomic mass is 17.2. The van der Waals surface area contributed by atoms with Crippen molar-refractivity contribution in [3.05, 3.63) is 0 Å². The van der Waals surface area contributed by atoms with Crippen LogP contribution in [0.25, 0.3) is 0 Å². The largest absolute Gasteiger partial charge is 0.668 e. The van der Waals surface area contributed by atoms with E-state index >= 15 is 0 Å². The Balaban J connectivity index is 1.85. The Morgan fingerprint density at radius 3 is 2.08 bits per heavy atom. The molecule has 3 unspecified atom stereocenters. The van der Waals surface area contributed by atoms with E-state index in [-0.39, 0.29) is 36.3 Å². The van der Waals surface area contributed by atoms with Crippen molar-refractivity contribution in [1.82, 2.24) is 0 Å². The SMILES string of the molecule is CC1CC(C)(C)OB(OOC(C)(C)CC(C)B2OC(C)CC(C)(C)O2)O1. The maximum absolute atomic E-state index is 6.12. The highest BCUT2D eigenvalue weighted by Crippen LogP contribution is 2.35. The Kier molecular flexibility index (Phi) is 6.91. The minimum Gasteiger partial charge on any atom is -0.408 e. The van der Waals surface area contributed by atoms with Gasteiger partial charge in [-0.3, -0.25) is 0 Å². The van der Waals surface area contributed by atoms with Crippen LogP contribution in [0.1, 0.15) is 81.6 Å². The van der Waals surface area contributed by atoms with Gasteiger partial charge in [-0.05, 0) is 80.5 Å². The van der Waals surface area contributed by atoms with Crippen molar-refractivity contribution >= 4 is 14.4 Å². The average molecular weight is 370 g/mol. The lowest BCUT2D eigenvalue weighted by molar-refractivity contribution is -0.317. The Morgan fingerprint density at radius 1 is 1.00 bits per heavy atom. The van der Waals surface area contributed by atoms with E-state index < -0.39 is 12.9 Å². The van der Waals surface area contributed by atoms with Crippen LogP contribution in [0.5, 0.6) is 0 Å². The van der Waals surface area contributed by atoms with Crippen LogP contribution in [0, 0.1) is 0 Å². The molecule has 2 rings (SSSR count). The van der Waals surface area contributed by atoms with Gasteiger partial charge in [-0.1, -0.05) is 6.92 Å². The van der Waals surface area contributed by atoms with E-state index in [9.17, 15) is 0 Å². The zero-order valence-corrected chi connectivity index (χ0v) is 18.0. The van der Waals surface area contributed by atoms with Crippen molar-refractivity contribution in [3.8, 4) is 0 Å². The first-order valence-electron chi connectivity index (χ1n) is 9.78. The third kappa shape index (κ3) is 6.80. The van der Waals surface area contributed by atoms with Crippen LogP contribution in [0.4, 0.5) is 0 Å². The highest BCUT2D eigenvalue weighted by molar-refractivity contribution is 6.46. The van der Waals surface area contributed by atoms with E-state index in [1.54, 1.807) is 0 Å². The predicted molar refractivity (Wildman–Crippen MR) is 102 cm³/mol. The molecular formula is C18H36B2O6. The van der Waals surface area contributed by atoms with Crippen molar-refractivity contribution in [3.63, 3.8) is 0 Å². The molecule has 3 atom stereocenters. The van der Waals surface area contributed by atoms with Crippen molar-refractivity contribution < 1.29 is 28.3 Å². The van der Waals surface area contributed by atoms with Crippen LogP contribution in [0.2, 0.25) is 5.82 Å². The van der Waals surface area contributed by atoms with Gasteiger partial charge in [0.25, 0.3) is 0 Å². The lowest BCUT2D eigenvalue weighted by Crippen LogP contribution is -2.49. The monoisotopic (exact) mass is 370 g/mol. The molecule has 0 spiro atoms. The van der Waals surface area contributed by atoms with E-state index in [2.05, 4.69) is 27.7 Å². The molecule has 0 saturated carbocycles. The summed E-state index contributed by atoms with van der Waals surface area (Å²) in [6.07, 6.45) is 2.66. The van der Waals surface area contributed by atoms with Crippen LogP contribution in [-0.2, 0) is 28.3 Å². The van der Waals surface area contributed by atoms with Gasteiger partial charge in [-0.25, -0.2) is 9.69 Å². The van der Waals surface area contributed by atoms with Gasteiger partial charge in [0.1, 0.15) is 0 Å². The Labute approximate surface area is 159 Å². The third-order valence-corrected chi connectivity index (χ3v) is 4.75. The Morgan fingerprint density at radius 2 is 1.54 bits per heavy atom. The van der Waals surface area contributed by atoms with E-state index in [4.69, 9.17) is 28.3 Å². The highest BCUT2D eigenvalue weighted by Gasteiger charge is 2.44. The van der Waals surface area contributed by atoms with Gasteiger partial charge in [0, 0.05) is 12.2 Å². The molecule has 0 amide bonds. The molecule has 26 heavy (non-hydrogen) atoms. The summed E-state index contributed by atoms with van der Waals surface area (Å²) in [6.45, 7) is 18.4. The molecule has 2 fully saturated rings.